The zero-order chi connectivity index (χ0) is 13.9. The van der Waals surface area contributed by atoms with Gasteiger partial charge in [0.25, 0.3) is 0 Å². The number of hydrogen-bond donors (Lipinski definition) is 1. The van der Waals surface area contributed by atoms with Crippen LogP contribution in [0.5, 0.6) is 5.75 Å². The van der Waals surface area contributed by atoms with Crippen molar-refractivity contribution in [2.45, 2.75) is 25.3 Å². The molecular formula is C16H25Cl2FN2O. The number of nitrogens with one attached hydrogen (secondary N) is 1. The van der Waals surface area contributed by atoms with E-state index in [1.807, 2.05) is 0 Å². The van der Waals surface area contributed by atoms with Gasteiger partial charge in [-0.25, -0.2) is 4.39 Å². The van der Waals surface area contributed by atoms with Gasteiger partial charge in [-0.05, 0) is 37.0 Å². The first kappa shape index (κ1) is 19.5. The molecule has 22 heavy (non-hydrogen) atoms. The van der Waals surface area contributed by atoms with E-state index in [0.717, 1.165) is 37.5 Å². The Balaban J connectivity index is 0.00000121. The van der Waals surface area contributed by atoms with Crippen LogP contribution in [0.4, 0.5) is 4.39 Å². The lowest BCUT2D eigenvalue weighted by molar-refractivity contribution is 0.0816. The summed E-state index contributed by atoms with van der Waals surface area (Å²) in [5.41, 5.74) is 1.03. The van der Waals surface area contributed by atoms with E-state index in [4.69, 9.17) is 4.74 Å². The van der Waals surface area contributed by atoms with E-state index in [1.165, 1.54) is 25.3 Å². The monoisotopic (exact) mass is 350 g/mol. The third-order valence-electron chi connectivity index (χ3n) is 4.65. The van der Waals surface area contributed by atoms with E-state index < -0.39 is 0 Å². The summed E-state index contributed by atoms with van der Waals surface area (Å²) >= 11 is 0. The molecule has 0 bridgehead atoms. The quantitative estimate of drug-likeness (QED) is 0.900. The molecule has 1 atom stereocenters. The van der Waals surface area contributed by atoms with Gasteiger partial charge >= 0.3 is 0 Å². The van der Waals surface area contributed by atoms with Crippen molar-refractivity contribution in [3.8, 4) is 5.75 Å². The first-order chi connectivity index (χ1) is 9.79. The Bertz CT molecular complexity index is 465. The average molecular weight is 351 g/mol. The van der Waals surface area contributed by atoms with Crippen molar-refractivity contribution in [3.63, 3.8) is 0 Å². The number of benzene rings is 1. The van der Waals surface area contributed by atoms with Crippen molar-refractivity contribution in [3.05, 3.63) is 29.6 Å². The van der Waals surface area contributed by atoms with Crippen LogP contribution in [0.25, 0.3) is 0 Å². The van der Waals surface area contributed by atoms with Gasteiger partial charge in [0.05, 0.1) is 7.11 Å². The van der Waals surface area contributed by atoms with Crippen LogP contribution in [0.2, 0.25) is 0 Å². The number of rotatable bonds is 4. The van der Waals surface area contributed by atoms with Crippen LogP contribution in [0, 0.1) is 11.7 Å². The molecule has 2 aliphatic rings. The summed E-state index contributed by atoms with van der Waals surface area (Å²) in [6, 6.07) is 5.22. The van der Waals surface area contributed by atoms with Gasteiger partial charge in [-0.1, -0.05) is 6.42 Å². The highest BCUT2D eigenvalue weighted by Gasteiger charge is 2.35. The summed E-state index contributed by atoms with van der Waals surface area (Å²) in [7, 11) is 1.67. The molecule has 1 saturated heterocycles. The van der Waals surface area contributed by atoms with E-state index >= 15 is 0 Å². The fourth-order valence-electron chi connectivity index (χ4n) is 3.40. The van der Waals surface area contributed by atoms with Gasteiger partial charge in [-0.15, -0.1) is 24.8 Å². The molecule has 3 nitrogen and oxygen atoms in total. The maximum atomic E-state index is 13.7. The number of methoxy groups -OCH3 is 1. The van der Waals surface area contributed by atoms with E-state index in [1.54, 1.807) is 19.2 Å². The second kappa shape index (κ2) is 8.92. The molecule has 1 heterocycles. The molecule has 1 aliphatic heterocycles. The molecular weight excluding hydrogens is 326 g/mol. The SMILES string of the molecule is COc1ccc(F)cc1[C@H](C1CCC1)N1CCNCC1.Cl.Cl. The van der Waals surface area contributed by atoms with Crippen LogP contribution < -0.4 is 10.1 Å². The van der Waals surface area contributed by atoms with Gasteiger partial charge in [-0.2, -0.15) is 0 Å². The van der Waals surface area contributed by atoms with Gasteiger partial charge in [0.2, 0.25) is 0 Å². The highest BCUT2D eigenvalue weighted by atomic mass is 35.5. The smallest absolute Gasteiger partial charge is 0.123 e. The highest BCUT2D eigenvalue weighted by Crippen LogP contribution is 2.44. The maximum Gasteiger partial charge on any atom is 0.123 e. The minimum Gasteiger partial charge on any atom is -0.496 e. The zero-order valence-electron chi connectivity index (χ0n) is 12.9. The normalized spacial score (nSPS) is 20.3. The van der Waals surface area contributed by atoms with Crippen LogP contribution in [0.3, 0.4) is 0 Å². The van der Waals surface area contributed by atoms with Crippen molar-refractivity contribution in [1.82, 2.24) is 10.2 Å². The van der Waals surface area contributed by atoms with Crippen LogP contribution in [-0.4, -0.2) is 38.2 Å². The topological polar surface area (TPSA) is 24.5 Å². The molecule has 1 aliphatic carbocycles. The van der Waals surface area contributed by atoms with Crippen LogP contribution >= 0.6 is 24.8 Å². The summed E-state index contributed by atoms with van der Waals surface area (Å²) in [5, 5.41) is 3.39. The van der Waals surface area contributed by atoms with Gasteiger partial charge in [0.1, 0.15) is 11.6 Å². The standard InChI is InChI=1S/C16H23FN2O.2ClH/c1-20-15-6-5-13(17)11-14(15)16(12-3-2-4-12)19-9-7-18-8-10-19;;/h5-6,11-12,16,18H,2-4,7-10H2,1H3;2*1H/t16-;;/m0../s1. The number of halogens is 3. The molecule has 1 saturated carbocycles. The Morgan fingerprint density at radius 2 is 1.91 bits per heavy atom. The third kappa shape index (κ3) is 4.05. The Morgan fingerprint density at radius 1 is 1.23 bits per heavy atom. The highest BCUT2D eigenvalue weighted by molar-refractivity contribution is 5.85. The first-order valence-corrected chi connectivity index (χ1v) is 7.58. The fourth-order valence-corrected chi connectivity index (χ4v) is 3.40. The van der Waals surface area contributed by atoms with Crippen LogP contribution in [-0.2, 0) is 0 Å². The number of hydrogen-bond acceptors (Lipinski definition) is 3. The molecule has 3 rings (SSSR count). The van der Waals surface area contributed by atoms with Crippen molar-refractivity contribution in [2.24, 2.45) is 5.92 Å². The molecule has 1 aromatic rings. The number of piperazine rings is 1. The van der Waals surface area contributed by atoms with Gasteiger partial charge in [0.15, 0.2) is 0 Å². The van der Waals surface area contributed by atoms with Crippen molar-refractivity contribution in [2.75, 3.05) is 33.3 Å². The number of nitrogens with zero attached hydrogens (tertiary/aromatic N) is 1. The third-order valence-corrected chi connectivity index (χ3v) is 4.65. The lowest BCUT2D eigenvalue weighted by atomic mass is 9.76. The van der Waals surface area contributed by atoms with Crippen molar-refractivity contribution >= 4 is 24.8 Å². The molecule has 0 unspecified atom stereocenters. The maximum absolute atomic E-state index is 13.7. The lowest BCUT2D eigenvalue weighted by Gasteiger charge is -2.43. The van der Waals surface area contributed by atoms with Crippen LogP contribution in [0.1, 0.15) is 30.9 Å². The second-order valence-electron chi connectivity index (χ2n) is 5.81. The predicted octanol–water partition coefficient (Wildman–Crippen LogP) is 3.42. The molecule has 1 N–H and O–H groups in total. The van der Waals surface area contributed by atoms with E-state index in [2.05, 4.69) is 10.2 Å². The minimum atomic E-state index is -0.166. The predicted molar refractivity (Wildman–Crippen MR) is 92.0 cm³/mol. The van der Waals surface area contributed by atoms with Crippen LogP contribution in [0.15, 0.2) is 18.2 Å². The lowest BCUT2D eigenvalue weighted by Crippen LogP contribution is -2.47. The number of ether oxygens (including phenoxy) is 1. The van der Waals surface area contributed by atoms with Gasteiger partial charge in [-0.3, -0.25) is 4.90 Å². The molecule has 0 aromatic heterocycles. The van der Waals surface area contributed by atoms with E-state index in [0.29, 0.717) is 12.0 Å². The Morgan fingerprint density at radius 3 is 2.45 bits per heavy atom. The fraction of sp³-hybridized carbons (Fsp3) is 0.625. The van der Waals surface area contributed by atoms with Crippen molar-refractivity contribution in [1.29, 1.82) is 0 Å². The molecule has 0 spiro atoms. The summed E-state index contributed by atoms with van der Waals surface area (Å²) in [6.07, 6.45) is 3.79. The van der Waals surface area contributed by atoms with E-state index in [9.17, 15) is 4.39 Å². The largest absolute Gasteiger partial charge is 0.496 e. The zero-order valence-corrected chi connectivity index (χ0v) is 14.5. The second-order valence-corrected chi connectivity index (χ2v) is 5.81. The molecule has 1 aromatic carbocycles. The van der Waals surface area contributed by atoms with Gasteiger partial charge in [0, 0.05) is 37.8 Å². The Kier molecular flexibility index (Phi) is 7.90. The molecule has 0 amide bonds. The minimum absolute atomic E-state index is 0. The van der Waals surface area contributed by atoms with Gasteiger partial charge < -0.3 is 10.1 Å². The summed E-state index contributed by atoms with van der Waals surface area (Å²) in [6.45, 7) is 4.09. The van der Waals surface area contributed by atoms with Crippen molar-refractivity contribution < 1.29 is 9.13 Å². The average Bonchev–Trinajstić information content (AvgIpc) is 2.43. The summed E-state index contributed by atoms with van der Waals surface area (Å²) in [5.74, 6) is 1.30. The Labute approximate surface area is 144 Å². The molecule has 2 fully saturated rings. The summed E-state index contributed by atoms with van der Waals surface area (Å²) < 4.78 is 19.2. The summed E-state index contributed by atoms with van der Waals surface area (Å²) in [4.78, 5) is 2.50. The van der Waals surface area contributed by atoms with E-state index in [-0.39, 0.29) is 30.6 Å². The first-order valence-electron chi connectivity index (χ1n) is 7.58. The Hall–Kier alpha value is -0.550. The molecule has 6 heteroatoms. The molecule has 0 radical (unpaired) electrons. The molecule has 126 valence electrons.